The number of aromatic amines is 1. The van der Waals surface area contributed by atoms with Crippen LogP contribution in [0.4, 0.5) is 0 Å². The Morgan fingerprint density at radius 3 is 2.53 bits per heavy atom. The summed E-state index contributed by atoms with van der Waals surface area (Å²) in [5, 5.41) is 0.143. The molecule has 2 N–H and O–H groups in total. The Labute approximate surface area is 116 Å². The first-order chi connectivity index (χ1) is 8.92. The lowest BCUT2D eigenvalue weighted by Crippen LogP contribution is -2.25. The molecule has 1 aromatic heterocycles. The molecule has 0 unspecified atom stereocenters. The highest BCUT2D eigenvalue weighted by Crippen LogP contribution is 2.09. The average Bonchev–Trinajstić information content (AvgIpc) is 2.75. The molecular formula is C13H25N3O2S. The number of hydrogen-bond donors (Lipinski definition) is 2. The summed E-state index contributed by atoms with van der Waals surface area (Å²) in [5.41, 5.74) is 0. The lowest BCUT2D eigenvalue weighted by Gasteiger charge is -2.06. The Morgan fingerprint density at radius 1 is 1.26 bits per heavy atom. The van der Waals surface area contributed by atoms with Crippen molar-refractivity contribution in [2.75, 3.05) is 6.54 Å². The van der Waals surface area contributed by atoms with E-state index in [2.05, 4.69) is 28.5 Å². The van der Waals surface area contributed by atoms with Crippen molar-refractivity contribution >= 4 is 10.0 Å². The molecule has 19 heavy (non-hydrogen) atoms. The van der Waals surface area contributed by atoms with E-state index in [0.29, 0.717) is 12.4 Å². The fourth-order valence-electron chi connectivity index (χ4n) is 1.85. The van der Waals surface area contributed by atoms with Crippen LogP contribution in [-0.4, -0.2) is 24.9 Å². The van der Waals surface area contributed by atoms with Crippen molar-refractivity contribution < 1.29 is 8.42 Å². The van der Waals surface area contributed by atoms with Crippen LogP contribution in [0.3, 0.4) is 0 Å². The number of aromatic nitrogens is 2. The van der Waals surface area contributed by atoms with Gasteiger partial charge >= 0.3 is 0 Å². The SMILES string of the molecule is Cc1ncc(S(=O)(=O)NCCCCCCC(C)C)[nH]1. The molecule has 0 saturated heterocycles. The summed E-state index contributed by atoms with van der Waals surface area (Å²) in [5.74, 6) is 1.36. The van der Waals surface area contributed by atoms with Crippen LogP contribution in [0.15, 0.2) is 11.2 Å². The van der Waals surface area contributed by atoms with E-state index < -0.39 is 10.0 Å². The van der Waals surface area contributed by atoms with Crippen LogP contribution in [-0.2, 0) is 10.0 Å². The number of rotatable bonds is 9. The molecule has 0 aromatic carbocycles. The molecule has 0 aliphatic rings. The first kappa shape index (κ1) is 16.2. The van der Waals surface area contributed by atoms with Crippen LogP contribution in [0.1, 0.15) is 51.8 Å². The van der Waals surface area contributed by atoms with Gasteiger partial charge < -0.3 is 4.98 Å². The van der Waals surface area contributed by atoms with Crippen LogP contribution in [0.25, 0.3) is 0 Å². The van der Waals surface area contributed by atoms with Gasteiger partial charge in [0.25, 0.3) is 10.0 Å². The summed E-state index contributed by atoms with van der Waals surface area (Å²) in [4.78, 5) is 6.62. The number of sulfonamides is 1. The predicted molar refractivity (Wildman–Crippen MR) is 76.4 cm³/mol. The molecular weight excluding hydrogens is 262 g/mol. The summed E-state index contributed by atoms with van der Waals surface area (Å²) >= 11 is 0. The van der Waals surface area contributed by atoms with E-state index in [-0.39, 0.29) is 5.03 Å². The molecule has 1 heterocycles. The largest absolute Gasteiger partial charge is 0.332 e. The molecule has 110 valence electrons. The van der Waals surface area contributed by atoms with E-state index in [0.717, 1.165) is 18.8 Å². The first-order valence-electron chi connectivity index (χ1n) is 6.93. The van der Waals surface area contributed by atoms with Crippen molar-refractivity contribution in [3.63, 3.8) is 0 Å². The first-order valence-corrected chi connectivity index (χ1v) is 8.41. The van der Waals surface area contributed by atoms with Gasteiger partial charge in [0.1, 0.15) is 5.82 Å². The second kappa shape index (κ2) is 7.65. The van der Waals surface area contributed by atoms with E-state index in [1.807, 2.05) is 0 Å². The molecule has 0 aliphatic heterocycles. The molecule has 0 atom stereocenters. The summed E-state index contributed by atoms with van der Waals surface area (Å²) in [6, 6.07) is 0. The molecule has 1 rings (SSSR count). The zero-order chi connectivity index (χ0) is 14.3. The topological polar surface area (TPSA) is 74.8 Å². The number of nitrogens with one attached hydrogen (secondary N) is 2. The van der Waals surface area contributed by atoms with Gasteiger partial charge in [0.05, 0.1) is 6.20 Å². The van der Waals surface area contributed by atoms with Crippen molar-refractivity contribution in [2.24, 2.45) is 5.92 Å². The molecule has 0 bridgehead atoms. The van der Waals surface area contributed by atoms with Crippen LogP contribution >= 0.6 is 0 Å². The average molecular weight is 287 g/mol. The molecule has 0 fully saturated rings. The highest BCUT2D eigenvalue weighted by Gasteiger charge is 2.15. The standard InChI is InChI=1S/C13H25N3O2S/c1-11(2)8-6-4-5-7-9-15-19(17,18)13-10-14-12(3)16-13/h10-11,15H,4-9H2,1-3H3,(H,14,16). The van der Waals surface area contributed by atoms with Gasteiger partial charge in [0, 0.05) is 6.54 Å². The Morgan fingerprint density at radius 2 is 1.95 bits per heavy atom. The third-order valence-corrected chi connectivity index (χ3v) is 4.34. The molecule has 5 nitrogen and oxygen atoms in total. The van der Waals surface area contributed by atoms with Crippen LogP contribution in [0.5, 0.6) is 0 Å². The van der Waals surface area contributed by atoms with Gasteiger partial charge in [-0.25, -0.2) is 18.1 Å². The van der Waals surface area contributed by atoms with Gasteiger partial charge in [-0.3, -0.25) is 0 Å². The van der Waals surface area contributed by atoms with Crippen molar-refractivity contribution in [1.82, 2.24) is 14.7 Å². The van der Waals surface area contributed by atoms with E-state index in [9.17, 15) is 8.42 Å². The predicted octanol–water partition coefficient (Wildman–Crippen LogP) is 2.60. The normalized spacial score (nSPS) is 12.2. The minimum absolute atomic E-state index is 0.143. The Bertz CT molecular complexity index is 466. The highest BCUT2D eigenvalue weighted by atomic mass is 32.2. The van der Waals surface area contributed by atoms with Crippen LogP contribution in [0.2, 0.25) is 0 Å². The van der Waals surface area contributed by atoms with Gasteiger partial charge in [0.15, 0.2) is 5.03 Å². The summed E-state index contributed by atoms with van der Waals surface area (Å²) < 4.78 is 26.3. The van der Waals surface area contributed by atoms with E-state index >= 15 is 0 Å². The second-order valence-corrected chi connectivity index (χ2v) is 7.06. The quantitative estimate of drug-likeness (QED) is 0.686. The number of imidazole rings is 1. The molecule has 6 heteroatoms. The Kier molecular flexibility index (Phi) is 6.51. The number of nitrogens with zero attached hydrogens (tertiary/aromatic N) is 1. The smallest absolute Gasteiger partial charge is 0.257 e. The van der Waals surface area contributed by atoms with Crippen molar-refractivity contribution in [3.8, 4) is 0 Å². The lowest BCUT2D eigenvalue weighted by atomic mass is 10.0. The maximum Gasteiger partial charge on any atom is 0.257 e. The van der Waals surface area contributed by atoms with Crippen LogP contribution in [0, 0.1) is 12.8 Å². The summed E-state index contributed by atoms with van der Waals surface area (Å²) in [7, 11) is -3.41. The molecule has 1 aromatic rings. The van der Waals surface area contributed by atoms with Crippen molar-refractivity contribution in [2.45, 2.75) is 57.9 Å². The fraction of sp³-hybridized carbons (Fsp3) is 0.769. The zero-order valence-corrected chi connectivity index (χ0v) is 12.9. The summed E-state index contributed by atoms with van der Waals surface area (Å²) in [6.07, 6.45) is 6.94. The summed E-state index contributed by atoms with van der Waals surface area (Å²) in [6.45, 7) is 6.66. The third-order valence-electron chi connectivity index (χ3n) is 2.97. The van der Waals surface area contributed by atoms with E-state index in [1.165, 1.54) is 25.5 Å². The van der Waals surface area contributed by atoms with E-state index in [4.69, 9.17) is 0 Å². The molecule has 0 amide bonds. The Balaban J connectivity index is 2.19. The van der Waals surface area contributed by atoms with Gasteiger partial charge in [-0.15, -0.1) is 0 Å². The van der Waals surface area contributed by atoms with Crippen molar-refractivity contribution in [1.29, 1.82) is 0 Å². The maximum absolute atomic E-state index is 11.8. The second-order valence-electron chi connectivity index (χ2n) is 5.33. The minimum atomic E-state index is -3.41. The fourth-order valence-corrected chi connectivity index (χ4v) is 2.89. The minimum Gasteiger partial charge on any atom is -0.332 e. The number of aryl methyl sites for hydroxylation is 1. The maximum atomic E-state index is 11.8. The van der Waals surface area contributed by atoms with Gasteiger partial charge in [0.2, 0.25) is 0 Å². The number of unbranched alkanes of at least 4 members (excludes halogenated alkanes) is 3. The number of hydrogen-bond acceptors (Lipinski definition) is 3. The third kappa shape index (κ3) is 6.20. The van der Waals surface area contributed by atoms with Gasteiger partial charge in [-0.2, -0.15) is 0 Å². The molecule has 0 spiro atoms. The highest BCUT2D eigenvalue weighted by molar-refractivity contribution is 7.89. The lowest BCUT2D eigenvalue weighted by molar-refractivity contribution is 0.517. The van der Waals surface area contributed by atoms with Gasteiger partial charge in [-0.05, 0) is 19.3 Å². The zero-order valence-electron chi connectivity index (χ0n) is 12.1. The number of H-pyrrole nitrogens is 1. The van der Waals surface area contributed by atoms with Crippen LogP contribution < -0.4 is 4.72 Å². The monoisotopic (exact) mass is 287 g/mol. The van der Waals surface area contributed by atoms with E-state index in [1.54, 1.807) is 6.92 Å². The molecule has 0 saturated carbocycles. The molecule has 0 radical (unpaired) electrons. The van der Waals surface area contributed by atoms with Crippen molar-refractivity contribution in [3.05, 3.63) is 12.0 Å². The van der Waals surface area contributed by atoms with Gasteiger partial charge in [-0.1, -0.05) is 39.5 Å². The molecule has 0 aliphatic carbocycles. The Hall–Kier alpha value is -0.880.